The molecule has 6 heteroatoms. The molecule has 118 valence electrons. The second-order valence-corrected chi connectivity index (χ2v) is 5.77. The Balaban J connectivity index is 1.71. The molecule has 4 nitrogen and oxygen atoms in total. The van der Waals surface area contributed by atoms with Gasteiger partial charge in [-0.25, -0.2) is 0 Å². The van der Waals surface area contributed by atoms with E-state index in [0.717, 1.165) is 23.3 Å². The molecule has 0 aliphatic heterocycles. The summed E-state index contributed by atoms with van der Waals surface area (Å²) < 4.78 is 11.4. The third-order valence-electron chi connectivity index (χ3n) is 3.31. The number of rotatable bonds is 5. The molecule has 1 aromatic heterocycles. The van der Waals surface area contributed by atoms with Crippen molar-refractivity contribution in [2.45, 2.75) is 20.0 Å². The van der Waals surface area contributed by atoms with E-state index in [0.29, 0.717) is 21.8 Å². The van der Waals surface area contributed by atoms with Crippen LogP contribution in [0.1, 0.15) is 18.4 Å². The van der Waals surface area contributed by atoms with E-state index in [1.165, 1.54) is 0 Å². The number of aromatic nitrogens is 2. The molecule has 0 saturated heterocycles. The minimum absolute atomic E-state index is 0.204. The van der Waals surface area contributed by atoms with Gasteiger partial charge >= 0.3 is 0 Å². The number of ether oxygens (including phenoxy) is 1. The first-order valence-electron chi connectivity index (χ1n) is 7.15. The molecule has 0 aliphatic rings. The summed E-state index contributed by atoms with van der Waals surface area (Å²) >= 11 is 11.9. The molecule has 1 heterocycles. The van der Waals surface area contributed by atoms with Gasteiger partial charge in [0.25, 0.3) is 5.89 Å². The van der Waals surface area contributed by atoms with Gasteiger partial charge < -0.3 is 9.15 Å². The van der Waals surface area contributed by atoms with Crippen LogP contribution in [0.3, 0.4) is 0 Å². The van der Waals surface area contributed by atoms with Crippen LogP contribution >= 0.6 is 23.2 Å². The number of benzene rings is 2. The summed E-state index contributed by atoms with van der Waals surface area (Å²) in [5.41, 5.74) is 1.85. The zero-order valence-electron chi connectivity index (χ0n) is 12.4. The zero-order chi connectivity index (χ0) is 16.2. The minimum atomic E-state index is 0.204. The van der Waals surface area contributed by atoms with Gasteiger partial charge in [-0.2, -0.15) is 0 Å². The Hall–Kier alpha value is -2.04. The first kappa shape index (κ1) is 15.8. The predicted molar refractivity (Wildman–Crippen MR) is 89.9 cm³/mol. The Morgan fingerprint density at radius 1 is 1.00 bits per heavy atom. The fourth-order valence-corrected chi connectivity index (χ4v) is 2.45. The summed E-state index contributed by atoms with van der Waals surface area (Å²) in [6.45, 7) is 2.25. The predicted octanol–water partition coefficient (Wildman–Crippen LogP) is 5.18. The van der Waals surface area contributed by atoms with Gasteiger partial charge in [0.2, 0.25) is 5.89 Å². The molecular formula is C17H14Cl2N2O2. The van der Waals surface area contributed by atoms with E-state index in [4.69, 9.17) is 32.4 Å². The number of halogens is 2. The van der Waals surface area contributed by atoms with Crippen LogP contribution < -0.4 is 4.74 Å². The average Bonchev–Trinajstić information content (AvgIpc) is 3.03. The number of hydrogen-bond donors (Lipinski definition) is 0. The van der Waals surface area contributed by atoms with Gasteiger partial charge in [0.15, 0.2) is 6.61 Å². The van der Waals surface area contributed by atoms with E-state index >= 15 is 0 Å². The molecule has 23 heavy (non-hydrogen) atoms. The highest BCUT2D eigenvalue weighted by atomic mass is 35.5. The minimum Gasteiger partial charge on any atom is -0.484 e. The molecule has 0 N–H and O–H groups in total. The maximum absolute atomic E-state index is 5.99. The SMILES string of the molecule is CCc1cc(Cl)ccc1OCc1nnc(-c2ccc(Cl)cc2)o1. The van der Waals surface area contributed by atoms with Gasteiger partial charge in [0.05, 0.1) is 0 Å². The fourth-order valence-electron chi connectivity index (χ4n) is 2.13. The van der Waals surface area contributed by atoms with Crippen molar-refractivity contribution < 1.29 is 9.15 Å². The van der Waals surface area contributed by atoms with Crippen LogP contribution in [0.2, 0.25) is 10.0 Å². The topological polar surface area (TPSA) is 48.2 Å². The second kappa shape index (κ2) is 7.02. The van der Waals surface area contributed by atoms with E-state index in [2.05, 4.69) is 10.2 Å². The van der Waals surface area contributed by atoms with Crippen LogP contribution in [-0.2, 0) is 13.0 Å². The van der Waals surface area contributed by atoms with Crippen molar-refractivity contribution in [3.63, 3.8) is 0 Å². The molecule has 0 radical (unpaired) electrons. The van der Waals surface area contributed by atoms with Crippen LogP contribution in [0, 0.1) is 0 Å². The van der Waals surface area contributed by atoms with Crippen molar-refractivity contribution in [2.75, 3.05) is 0 Å². The fraction of sp³-hybridized carbons (Fsp3) is 0.176. The normalized spacial score (nSPS) is 10.7. The summed E-state index contributed by atoms with van der Waals surface area (Å²) in [6.07, 6.45) is 0.829. The number of aryl methyl sites for hydroxylation is 1. The molecule has 0 atom stereocenters. The largest absolute Gasteiger partial charge is 0.484 e. The van der Waals surface area contributed by atoms with Crippen molar-refractivity contribution in [3.8, 4) is 17.2 Å². The first-order chi connectivity index (χ1) is 11.2. The third kappa shape index (κ3) is 3.84. The molecule has 0 bridgehead atoms. The highest BCUT2D eigenvalue weighted by Crippen LogP contribution is 2.25. The second-order valence-electron chi connectivity index (χ2n) is 4.90. The van der Waals surface area contributed by atoms with Crippen LogP contribution in [0.5, 0.6) is 5.75 Å². The van der Waals surface area contributed by atoms with E-state index < -0.39 is 0 Å². The Morgan fingerprint density at radius 3 is 2.48 bits per heavy atom. The molecule has 0 spiro atoms. The molecule has 2 aromatic carbocycles. The zero-order valence-corrected chi connectivity index (χ0v) is 13.9. The molecule has 0 unspecified atom stereocenters. The summed E-state index contributed by atoms with van der Waals surface area (Å²) in [5, 5.41) is 9.38. The van der Waals surface area contributed by atoms with Crippen molar-refractivity contribution in [1.82, 2.24) is 10.2 Å². The molecule has 0 fully saturated rings. The molecule has 3 aromatic rings. The van der Waals surface area contributed by atoms with Crippen LogP contribution in [0.15, 0.2) is 46.9 Å². The quantitative estimate of drug-likeness (QED) is 0.636. The lowest BCUT2D eigenvalue weighted by atomic mass is 10.1. The number of hydrogen-bond acceptors (Lipinski definition) is 4. The van der Waals surface area contributed by atoms with Gasteiger partial charge in [-0.1, -0.05) is 30.1 Å². The van der Waals surface area contributed by atoms with Gasteiger partial charge in [-0.05, 0) is 54.4 Å². The highest BCUT2D eigenvalue weighted by molar-refractivity contribution is 6.30. The maximum Gasteiger partial charge on any atom is 0.254 e. The Morgan fingerprint density at radius 2 is 1.74 bits per heavy atom. The summed E-state index contributed by atoms with van der Waals surface area (Å²) in [6, 6.07) is 12.7. The lowest BCUT2D eigenvalue weighted by Crippen LogP contribution is -1.98. The monoisotopic (exact) mass is 348 g/mol. The van der Waals surface area contributed by atoms with Crippen molar-refractivity contribution in [1.29, 1.82) is 0 Å². The van der Waals surface area contributed by atoms with E-state index in [9.17, 15) is 0 Å². The van der Waals surface area contributed by atoms with E-state index in [1.807, 2.05) is 31.2 Å². The van der Waals surface area contributed by atoms with E-state index in [1.54, 1.807) is 18.2 Å². The molecule has 3 rings (SSSR count). The van der Waals surface area contributed by atoms with E-state index in [-0.39, 0.29) is 6.61 Å². The Kier molecular flexibility index (Phi) is 4.84. The average molecular weight is 349 g/mol. The van der Waals surface area contributed by atoms with Crippen molar-refractivity contribution in [3.05, 3.63) is 64.0 Å². The molecule has 0 amide bonds. The highest BCUT2D eigenvalue weighted by Gasteiger charge is 2.10. The summed E-state index contributed by atoms with van der Waals surface area (Å²) in [7, 11) is 0. The Labute approximate surface area is 144 Å². The van der Waals surface area contributed by atoms with Crippen LogP contribution in [0.25, 0.3) is 11.5 Å². The maximum atomic E-state index is 5.99. The van der Waals surface area contributed by atoms with Crippen LogP contribution in [0.4, 0.5) is 0 Å². The third-order valence-corrected chi connectivity index (χ3v) is 3.80. The lowest BCUT2D eigenvalue weighted by Gasteiger charge is -2.08. The molecule has 0 saturated carbocycles. The number of nitrogens with zero attached hydrogens (tertiary/aromatic N) is 2. The smallest absolute Gasteiger partial charge is 0.254 e. The first-order valence-corrected chi connectivity index (χ1v) is 7.91. The molecule has 0 aliphatic carbocycles. The summed E-state index contributed by atoms with van der Waals surface area (Å²) in [4.78, 5) is 0. The summed E-state index contributed by atoms with van der Waals surface area (Å²) in [5.74, 6) is 1.61. The van der Waals surface area contributed by atoms with Crippen LogP contribution in [-0.4, -0.2) is 10.2 Å². The van der Waals surface area contributed by atoms with Gasteiger partial charge in [-0.15, -0.1) is 10.2 Å². The Bertz CT molecular complexity index is 801. The van der Waals surface area contributed by atoms with Gasteiger partial charge in [0.1, 0.15) is 5.75 Å². The molecular weight excluding hydrogens is 335 g/mol. The standard InChI is InChI=1S/C17H14Cl2N2O2/c1-2-11-9-14(19)7-8-15(11)22-10-16-20-21-17(23-16)12-3-5-13(18)6-4-12/h3-9H,2,10H2,1H3. The van der Waals surface area contributed by atoms with Gasteiger partial charge in [-0.3, -0.25) is 0 Å². The van der Waals surface area contributed by atoms with Crippen molar-refractivity contribution in [2.24, 2.45) is 0 Å². The van der Waals surface area contributed by atoms with Crippen molar-refractivity contribution >= 4 is 23.2 Å². The lowest BCUT2D eigenvalue weighted by molar-refractivity contribution is 0.262. The van der Waals surface area contributed by atoms with Gasteiger partial charge in [0, 0.05) is 15.6 Å².